The minimum Gasteiger partial charge on any atom is -0.493 e. The highest BCUT2D eigenvalue weighted by molar-refractivity contribution is 6.30. The Morgan fingerprint density at radius 1 is 1.10 bits per heavy atom. The molecule has 0 radical (unpaired) electrons. The second-order valence-electron chi connectivity index (χ2n) is 5.51. The molecular formula is C18H19ClO. The zero-order valence-corrected chi connectivity index (χ0v) is 12.3. The van der Waals surface area contributed by atoms with Gasteiger partial charge in [-0.3, -0.25) is 0 Å². The van der Waals surface area contributed by atoms with Gasteiger partial charge >= 0.3 is 0 Å². The van der Waals surface area contributed by atoms with Crippen molar-refractivity contribution in [2.24, 2.45) is 5.92 Å². The van der Waals surface area contributed by atoms with Crippen molar-refractivity contribution in [3.05, 3.63) is 64.7 Å². The van der Waals surface area contributed by atoms with Gasteiger partial charge < -0.3 is 4.74 Å². The van der Waals surface area contributed by atoms with E-state index in [1.807, 2.05) is 18.2 Å². The van der Waals surface area contributed by atoms with Crippen LogP contribution in [0.1, 0.15) is 24.0 Å². The third-order valence-electron chi connectivity index (χ3n) is 3.93. The fraction of sp³-hybridized carbons (Fsp3) is 0.333. The predicted molar refractivity (Wildman–Crippen MR) is 83.5 cm³/mol. The average Bonchev–Trinajstić information content (AvgIpc) is 2.48. The van der Waals surface area contributed by atoms with Crippen LogP contribution >= 0.6 is 11.6 Å². The van der Waals surface area contributed by atoms with Crippen molar-refractivity contribution < 1.29 is 4.74 Å². The summed E-state index contributed by atoms with van der Waals surface area (Å²) in [5, 5.41) is 0.803. The Balaban J connectivity index is 1.53. The van der Waals surface area contributed by atoms with Gasteiger partial charge in [-0.1, -0.05) is 41.9 Å². The maximum atomic E-state index is 6.05. The summed E-state index contributed by atoms with van der Waals surface area (Å²) in [5.74, 6) is 1.62. The van der Waals surface area contributed by atoms with Crippen molar-refractivity contribution in [1.82, 2.24) is 0 Å². The Hall–Kier alpha value is -1.47. The van der Waals surface area contributed by atoms with Gasteiger partial charge in [-0.05, 0) is 60.9 Å². The molecule has 0 spiro atoms. The first-order chi connectivity index (χ1) is 9.81. The molecule has 0 aromatic heterocycles. The van der Waals surface area contributed by atoms with Gasteiger partial charge in [0.25, 0.3) is 0 Å². The molecule has 1 unspecified atom stereocenters. The van der Waals surface area contributed by atoms with Crippen LogP contribution < -0.4 is 4.74 Å². The van der Waals surface area contributed by atoms with E-state index < -0.39 is 0 Å². The van der Waals surface area contributed by atoms with Crippen molar-refractivity contribution in [2.45, 2.75) is 25.7 Å². The second kappa shape index (κ2) is 6.32. The Morgan fingerprint density at radius 2 is 1.95 bits per heavy atom. The zero-order valence-electron chi connectivity index (χ0n) is 11.5. The van der Waals surface area contributed by atoms with Crippen molar-refractivity contribution in [3.63, 3.8) is 0 Å². The van der Waals surface area contributed by atoms with E-state index in [4.69, 9.17) is 16.3 Å². The molecule has 0 fully saturated rings. The van der Waals surface area contributed by atoms with Gasteiger partial charge in [0.15, 0.2) is 0 Å². The van der Waals surface area contributed by atoms with Gasteiger partial charge in [-0.2, -0.15) is 0 Å². The van der Waals surface area contributed by atoms with Crippen molar-refractivity contribution >= 4 is 11.6 Å². The largest absolute Gasteiger partial charge is 0.493 e. The van der Waals surface area contributed by atoms with Crippen molar-refractivity contribution in [3.8, 4) is 5.75 Å². The second-order valence-corrected chi connectivity index (χ2v) is 5.95. The predicted octanol–water partition coefficient (Wildman–Crippen LogP) is 4.91. The van der Waals surface area contributed by atoms with Gasteiger partial charge in [0, 0.05) is 5.02 Å². The van der Waals surface area contributed by atoms with E-state index in [1.54, 1.807) is 0 Å². The highest BCUT2D eigenvalue weighted by atomic mass is 35.5. The van der Waals surface area contributed by atoms with E-state index in [1.165, 1.54) is 24.0 Å². The number of hydrogen-bond acceptors (Lipinski definition) is 1. The Labute approximate surface area is 125 Å². The summed E-state index contributed by atoms with van der Waals surface area (Å²) in [6, 6.07) is 16.6. The third-order valence-corrected chi connectivity index (χ3v) is 4.16. The maximum Gasteiger partial charge on any atom is 0.122 e. The van der Waals surface area contributed by atoms with Gasteiger partial charge in [0.2, 0.25) is 0 Å². The Kier molecular flexibility index (Phi) is 4.27. The van der Waals surface area contributed by atoms with E-state index in [0.29, 0.717) is 5.92 Å². The minimum atomic E-state index is 0.615. The summed E-state index contributed by atoms with van der Waals surface area (Å²) in [7, 11) is 0. The van der Waals surface area contributed by atoms with Crippen molar-refractivity contribution in [2.75, 3.05) is 6.61 Å². The van der Waals surface area contributed by atoms with Crippen LogP contribution in [0.4, 0.5) is 0 Å². The highest BCUT2D eigenvalue weighted by Crippen LogP contribution is 2.31. The van der Waals surface area contributed by atoms with Crippen molar-refractivity contribution in [1.29, 1.82) is 0 Å². The first-order valence-corrected chi connectivity index (χ1v) is 7.64. The summed E-state index contributed by atoms with van der Waals surface area (Å²) in [6.07, 6.45) is 4.67. The SMILES string of the molecule is Clc1ccc2c(c1)CC(CCCc1ccccc1)CO2. The van der Waals surface area contributed by atoms with Crippen LogP contribution in [0.3, 0.4) is 0 Å². The van der Waals surface area contributed by atoms with Gasteiger partial charge in [0.05, 0.1) is 6.61 Å². The maximum absolute atomic E-state index is 6.05. The summed E-state index contributed by atoms with van der Waals surface area (Å²) in [4.78, 5) is 0. The standard InChI is InChI=1S/C18H19ClO/c19-17-9-10-18-16(12-17)11-15(13-20-18)8-4-7-14-5-2-1-3-6-14/h1-3,5-6,9-10,12,15H,4,7-8,11,13H2. The lowest BCUT2D eigenvalue weighted by molar-refractivity contribution is 0.212. The van der Waals surface area contributed by atoms with E-state index in [-0.39, 0.29) is 0 Å². The molecular weight excluding hydrogens is 268 g/mol. The minimum absolute atomic E-state index is 0.615. The molecule has 1 atom stereocenters. The van der Waals surface area contributed by atoms with Crippen LogP contribution in [0.15, 0.2) is 48.5 Å². The molecule has 2 aromatic carbocycles. The molecule has 0 saturated heterocycles. The molecule has 1 heterocycles. The lowest BCUT2D eigenvalue weighted by Gasteiger charge is -2.25. The van der Waals surface area contributed by atoms with E-state index in [9.17, 15) is 0 Å². The molecule has 0 saturated carbocycles. The number of ether oxygens (including phenoxy) is 1. The lowest BCUT2D eigenvalue weighted by Crippen LogP contribution is -2.21. The lowest BCUT2D eigenvalue weighted by atomic mass is 9.91. The fourth-order valence-corrected chi connectivity index (χ4v) is 3.05. The molecule has 0 bridgehead atoms. The number of halogens is 1. The van der Waals surface area contributed by atoms with Crippen LogP contribution in [0.5, 0.6) is 5.75 Å². The summed E-state index contributed by atoms with van der Waals surface area (Å²) in [6.45, 7) is 0.837. The smallest absolute Gasteiger partial charge is 0.122 e. The Bertz CT molecular complexity index is 565. The van der Waals surface area contributed by atoms with E-state index >= 15 is 0 Å². The number of hydrogen-bond donors (Lipinski definition) is 0. The Morgan fingerprint density at radius 3 is 2.80 bits per heavy atom. The molecule has 0 aliphatic carbocycles. The van der Waals surface area contributed by atoms with Gasteiger partial charge in [-0.15, -0.1) is 0 Å². The molecule has 1 aliphatic rings. The molecule has 3 rings (SSSR count). The monoisotopic (exact) mass is 286 g/mol. The normalized spacial score (nSPS) is 17.4. The average molecular weight is 287 g/mol. The molecule has 1 nitrogen and oxygen atoms in total. The summed E-state index contributed by atoms with van der Waals surface area (Å²) >= 11 is 6.05. The molecule has 1 aliphatic heterocycles. The van der Waals surface area contributed by atoms with E-state index in [2.05, 4.69) is 30.3 Å². The molecule has 0 N–H and O–H groups in total. The zero-order chi connectivity index (χ0) is 13.8. The van der Waals surface area contributed by atoms with E-state index in [0.717, 1.165) is 30.2 Å². The fourth-order valence-electron chi connectivity index (χ4n) is 2.85. The van der Waals surface area contributed by atoms with Crippen LogP contribution in [0, 0.1) is 5.92 Å². The summed E-state index contributed by atoms with van der Waals surface area (Å²) < 4.78 is 5.84. The van der Waals surface area contributed by atoms with Crippen LogP contribution in [-0.2, 0) is 12.8 Å². The van der Waals surface area contributed by atoms with Gasteiger partial charge in [0.1, 0.15) is 5.75 Å². The molecule has 2 aromatic rings. The van der Waals surface area contributed by atoms with Crippen LogP contribution in [0.25, 0.3) is 0 Å². The molecule has 20 heavy (non-hydrogen) atoms. The summed E-state index contributed by atoms with van der Waals surface area (Å²) in [5.41, 5.74) is 2.68. The topological polar surface area (TPSA) is 9.23 Å². The highest BCUT2D eigenvalue weighted by Gasteiger charge is 2.19. The number of benzene rings is 2. The third kappa shape index (κ3) is 3.34. The first kappa shape index (κ1) is 13.5. The first-order valence-electron chi connectivity index (χ1n) is 7.26. The van der Waals surface area contributed by atoms with Crippen LogP contribution in [-0.4, -0.2) is 6.61 Å². The van der Waals surface area contributed by atoms with Crippen LogP contribution in [0.2, 0.25) is 5.02 Å². The number of rotatable bonds is 4. The number of aryl methyl sites for hydroxylation is 1. The molecule has 2 heteroatoms. The van der Waals surface area contributed by atoms with Gasteiger partial charge in [-0.25, -0.2) is 0 Å². The number of fused-ring (bicyclic) bond motifs is 1. The quantitative estimate of drug-likeness (QED) is 0.775. The molecule has 0 amide bonds. The molecule has 104 valence electrons.